The van der Waals surface area contributed by atoms with Crippen LogP contribution in [0.4, 0.5) is 0 Å². The van der Waals surface area contributed by atoms with Gasteiger partial charge >= 0.3 is 0 Å². The molecule has 0 aromatic rings. The van der Waals surface area contributed by atoms with E-state index in [1.165, 1.54) is 0 Å². The molecule has 0 aromatic carbocycles. The highest BCUT2D eigenvalue weighted by Gasteiger charge is 2.48. The molecule has 0 bridgehead atoms. The number of nitrogens with two attached hydrogens (primary N) is 1. The maximum absolute atomic E-state index is 12.8. The van der Waals surface area contributed by atoms with E-state index < -0.39 is 11.1 Å². The maximum atomic E-state index is 12.8. The van der Waals surface area contributed by atoms with Crippen LogP contribution >= 0.6 is 0 Å². The molecule has 1 heterocycles. The fourth-order valence-electron chi connectivity index (χ4n) is 3.23. The van der Waals surface area contributed by atoms with Gasteiger partial charge in [-0.2, -0.15) is 0 Å². The zero-order valence-corrected chi connectivity index (χ0v) is 12.2. The molecule has 5 nitrogen and oxygen atoms in total. The van der Waals surface area contributed by atoms with Gasteiger partial charge in [0.05, 0.1) is 5.54 Å². The molecule has 0 spiro atoms. The number of piperazine rings is 1. The molecule has 5 heteroatoms. The molecule has 2 N–H and O–H groups in total. The summed E-state index contributed by atoms with van der Waals surface area (Å²) in [7, 11) is 1.78. The van der Waals surface area contributed by atoms with Crippen LogP contribution in [-0.2, 0) is 9.59 Å². The van der Waals surface area contributed by atoms with Crippen LogP contribution < -0.4 is 5.73 Å². The topological polar surface area (TPSA) is 66.6 Å². The van der Waals surface area contributed by atoms with Gasteiger partial charge in [-0.15, -0.1) is 0 Å². The van der Waals surface area contributed by atoms with Crippen LogP contribution in [0.25, 0.3) is 0 Å². The summed E-state index contributed by atoms with van der Waals surface area (Å²) >= 11 is 0. The van der Waals surface area contributed by atoms with Gasteiger partial charge in [0.15, 0.2) is 0 Å². The van der Waals surface area contributed by atoms with Gasteiger partial charge in [-0.1, -0.05) is 19.3 Å². The van der Waals surface area contributed by atoms with Gasteiger partial charge in [-0.3, -0.25) is 9.59 Å². The molecule has 1 aliphatic carbocycles. The molecule has 0 atom stereocenters. The second-order valence-corrected chi connectivity index (χ2v) is 6.46. The van der Waals surface area contributed by atoms with Crippen molar-refractivity contribution >= 4 is 11.8 Å². The van der Waals surface area contributed by atoms with Crippen molar-refractivity contribution in [2.45, 2.75) is 57.0 Å². The number of amides is 2. The smallest absolute Gasteiger partial charge is 0.247 e. The van der Waals surface area contributed by atoms with Crippen LogP contribution in [0.1, 0.15) is 46.0 Å². The first-order valence-corrected chi connectivity index (χ1v) is 7.15. The molecular weight excluding hydrogens is 242 g/mol. The number of likely N-dealkylation sites (N-methyl/N-ethyl adjacent to an activating group) is 1. The molecule has 2 rings (SSSR count). The van der Waals surface area contributed by atoms with Crippen molar-refractivity contribution in [3.63, 3.8) is 0 Å². The Morgan fingerprint density at radius 3 is 2.32 bits per heavy atom. The summed E-state index contributed by atoms with van der Waals surface area (Å²) in [6.07, 6.45) is 4.64. The van der Waals surface area contributed by atoms with Crippen molar-refractivity contribution in [3.8, 4) is 0 Å². The third-order valence-electron chi connectivity index (χ3n) is 4.62. The monoisotopic (exact) mass is 267 g/mol. The second kappa shape index (κ2) is 4.78. The lowest BCUT2D eigenvalue weighted by Crippen LogP contribution is -2.69. The van der Waals surface area contributed by atoms with E-state index in [4.69, 9.17) is 5.73 Å². The van der Waals surface area contributed by atoms with Gasteiger partial charge in [-0.05, 0) is 26.7 Å². The molecular formula is C14H25N3O2. The maximum Gasteiger partial charge on any atom is 0.247 e. The van der Waals surface area contributed by atoms with Crippen molar-refractivity contribution < 1.29 is 9.59 Å². The van der Waals surface area contributed by atoms with Gasteiger partial charge in [0.2, 0.25) is 11.8 Å². The average molecular weight is 267 g/mol. The molecule has 19 heavy (non-hydrogen) atoms. The quantitative estimate of drug-likeness (QED) is 0.761. The Labute approximate surface area is 115 Å². The van der Waals surface area contributed by atoms with Crippen molar-refractivity contribution in [3.05, 3.63) is 0 Å². The van der Waals surface area contributed by atoms with E-state index in [1.807, 2.05) is 13.8 Å². The minimum atomic E-state index is -0.784. The number of rotatable bonds is 1. The van der Waals surface area contributed by atoms with Gasteiger partial charge in [0.25, 0.3) is 0 Å². The molecule has 0 aromatic heterocycles. The molecule has 1 saturated carbocycles. The van der Waals surface area contributed by atoms with Gasteiger partial charge in [0.1, 0.15) is 5.54 Å². The largest absolute Gasteiger partial charge is 0.342 e. The third-order valence-corrected chi connectivity index (χ3v) is 4.62. The molecule has 0 radical (unpaired) electrons. The van der Waals surface area contributed by atoms with Gasteiger partial charge in [0, 0.05) is 20.1 Å². The molecule has 2 amide bonds. The average Bonchev–Trinajstić information content (AvgIpc) is 2.36. The summed E-state index contributed by atoms with van der Waals surface area (Å²) in [5.74, 6) is -0.0508. The first-order chi connectivity index (χ1) is 8.79. The summed E-state index contributed by atoms with van der Waals surface area (Å²) in [6, 6.07) is 0. The number of hydrogen-bond acceptors (Lipinski definition) is 3. The normalized spacial score (nSPS) is 26.4. The van der Waals surface area contributed by atoms with Gasteiger partial charge < -0.3 is 15.5 Å². The lowest BCUT2D eigenvalue weighted by molar-refractivity contribution is -0.160. The van der Waals surface area contributed by atoms with Crippen molar-refractivity contribution in [1.29, 1.82) is 0 Å². The second-order valence-electron chi connectivity index (χ2n) is 6.46. The molecule has 1 aliphatic heterocycles. The zero-order chi connectivity index (χ0) is 14.3. The summed E-state index contributed by atoms with van der Waals surface area (Å²) in [6.45, 7) is 4.79. The summed E-state index contributed by atoms with van der Waals surface area (Å²) in [5, 5.41) is 0. The first kappa shape index (κ1) is 14.3. The van der Waals surface area contributed by atoms with E-state index in [0.717, 1.165) is 32.1 Å². The molecule has 2 aliphatic rings. The highest BCUT2D eigenvalue weighted by Crippen LogP contribution is 2.31. The van der Waals surface area contributed by atoms with E-state index in [-0.39, 0.29) is 11.8 Å². The zero-order valence-electron chi connectivity index (χ0n) is 12.2. The number of carbonyl (C=O) groups excluding carboxylic acids is 2. The van der Waals surface area contributed by atoms with Crippen molar-refractivity contribution in [2.75, 3.05) is 20.1 Å². The van der Waals surface area contributed by atoms with E-state index >= 15 is 0 Å². The number of nitrogens with zero attached hydrogens (tertiary/aromatic N) is 2. The van der Waals surface area contributed by atoms with E-state index in [2.05, 4.69) is 0 Å². The van der Waals surface area contributed by atoms with Crippen LogP contribution in [0, 0.1) is 0 Å². The minimum Gasteiger partial charge on any atom is -0.342 e. The van der Waals surface area contributed by atoms with Crippen LogP contribution in [-0.4, -0.2) is 52.8 Å². The van der Waals surface area contributed by atoms with Crippen molar-refractivity contribution in [2.24, 2.45) is 5.73 Å². The standard InChI is InChI=1S/C14H25N3O2/c1-13(2)11(18)16(3)9-10-17(13)12(19)14(15)7-5-4-6-8-14/h4-10,15H2,1-3H3. The van der Waals surface area contributed by atoms with Crippen LogP contribution in [0.5, 0.6) is 0 Å². The van der Waals surface area contributed by atoms with E-state index in [9.17, 15) is 9.59 Å². The number of hydrogen-bond donors (Lipinski definition) is 1. The highest BCUT2D eigenvalue weighted by atomic mass is 16.2. The summed E-state index contributed by atoms with van der Waals surface area (Å²) in [4.78, 5) is 28.4. The Bertz CT molecular complexity index is 386. The highest BCUT2D eigenvalue weighted by molar-refractivity contribution is 5.95. The van der Waals surface area contributed by atoms with Crippen molar-refractivity contribution in [1.82, 2.24) is 9.80 Å². The Balaban J connectivity index is 2.21. The fraction of sp³-hybridized carbons (Fsp3) is 0.857. The van der Waals surface area contributed by atoms with Crippen LogP contribution in [0.2, 0.25) is 0 Å². The van der Waals surface area contributed by atoms with E-state index in [0.29, 0.717) is 13.1 Å². The Morgan fingerprint density at radius 1 is 1.16 bits per heavy atom. The predicted octanol–water partition coefficient (Wildman–Crippen LogP) is 0.727. The predicted molar refractivity (Wildman–Crippen MR) is 73.4 cm³/mol. The summed E-state index contributed by atoms with van der Waals surface area (Å²) < 4.78 is 0. The van der Waals surface area contributed by atoms with Crippen LogP contribution in [0.3, 0.4) is 0 Å². The van der Waals surface area contributed by atoms with Crippen LogP contribution in [0.15, 0.2) is 0 Å². The Hall–Kier alpha value is -1.10. The minimum absolute atomic E-state index is 0.00786. The van der Waals surface area contributed by atoms with Gasteiger partial charge in [-0.25, -0.2) is 0 Å². The first-order valence-electron chi connectivity index (χ1n) is 7.15. The fourth-order valence-corrected chi connectivity index (χ4v) is 3.23. The lowest BCUT2D eigenvalue weighted by Gasteiger charge is -2.48. The third kappa shape index (κ3) is 2.36. The SMILES string of the molecule is CN1CCN(C(=O)C2(N)CCCCC2)C(C)(C)C1=O. The molecule has 1 saturated heterocycles. The Morgan fingerprint density at radius 2 is 1.74 bits per heavy atom. The lowest BCUT2D eigenvalue weighted by atomic mass is 9.80. The number of carbonyl (C=O) groups is 2. The molecule has 108 valence electrons. The van der Waals surface area contributed by atoms with E-state index in [1.54, 1.807) is 16.8 Å². The summed E-state index contributed by atoms with van der Waals surface area (Å²) in [5.41, 5.74) is 4.78. The molecule has 0 unspecified atom stereocenters. The molecule has 2 fully saturated rings. The Kier molecular flexibility index (Phi) is 3.60.